The lowest BCUT2D eigenvalue weighted by molar-refractivity contribution is -0.118. The number of hydrogen-bond donors (Lipinski definition) is 2. The summed E-state index contributed by atoms with van der Waals surface area (Å²) in [5, 5.41) is 5.27. The van der Waals surface area contributed by atoms with E-state index in [1.54, 1.807) is 0 Å². The van der Waals surface area contributed by atoms with Gasteiger partial charge in [-0.15, -0.1) is 12.4 Å². The first-order chi connectivity index (χ1) is 9.44. The van der Waals surface area contributed by atoms with Gasteiger partial charge in [-0.25, -0.2) is 8.78 Å². The maximum atomic E-state index is 13.1. The number of rotatable bonds is 2. The molecular weight excluding hydrogens is 300 g/mol. The number of alkyl halides is 2. The molecule has 0 saturated carbocycles. The fraction of sp³-hybridized carbons (Fsp3) is 0.500. The van der Waals surface area contributed by atoms with Gasteiger partial charge in [-0.3, -0.25) is 10.1 Å². The summed E-state index contributed by atoms with van der Waals surface area (Å²) >= 11 is 0. The van der Waals surface area contributed by atoms with E-state index in [1.165, 1.54) is 5.56 Å². The van der Waals surface area contributed by atoms with Crippen LogP contribution < -0.4 is 15.5 Å². The Morgan fingerprint density at radius 1 is 1.48 bits per heavy atom. The van der Waals surface area contributed by atoms with E-state index in [-0.39, 0.29) is 12.4 Å². The molecular formula is C14H18ClF2N3O. The Labute approximate surface area is 128 Å². The van der Waals surface area contributed by atoms with Crippen LogP contribution in [0, 0.1) is 0 Å². The molecule has 4 nitrogen and oxygen atoms in total. The van der Waals surface area contributed by atoms with Gasteiger partial charge in [0, 0.05) is 31.4 Å². The lowest BCUT2D eigenvalue weighted by Crippen LogP contribution is -2.35. The number of nitrogens with zero attached hydrogens (tertiary/aromatic N) is 1. The highest BCUT2D eigenvalue weighted by atomic mass is 35.5. The first-order valence-electron chi connectivity index (χ1n) is 6.71. The summed E-state index contributed by atoms with van der Waals surface area (Å²) in [5.74, 6) is -3.19. The first kappa shape index (κ1) is 16.0. The van der Waals surface area contributed by atoms with Crippen molar-refractivity contribution in [3.63, 3.8) is 0 Å². The molecule has 116 valence electrons. The zero-order chi connectivity index (χ0) is 14.3. The van der Waals surface area contributed by atoms with Gasteiger partial charge in [0.1, 0.15) is 0 Å². The molecule has 1 saturated heterocycles. The summed E-state index contributed by atoms with van der Waals surface area (Å²) in [5.41, 5.74) is 2.99. The Morgan fingerprint density at radius 2 is 2.24 bits per heavy atom. The van der Waals surface area contributed by atoms with Crippen molar-refractivity contribution in [2.24, 2.45) is 0 Å². The van der Waals surface area contributed by atoms with Gasteiger partial charge in [-0.2, -0.15) is 0 Å². The maximum Gasteiger partial charge on any atom is 0.262 e. The lowest BCUT2D eigenvalue weighted by Gasteiger charge is -2.15. The lowest BCUT2D eigenvalue weighted by atomic mass is 10.1. The highest BCUT2D eigenvalue weighted by molar-refractivity contribution is 5.95. The zero-order valence-corrected chi connectivity index (χ0v) is 12.5. The second kappa shape index (κ2) is 5.77. The topological polar surface area (TPSA) is 44.4 Å². The summed E-state index contributed by atoms with van der Waals surface area (Å²) in [7, 11) is 2.00. The monoisotopic (exact) mass is 317 g/mol. The van der Waals surface area contributed by atoms with Crippen LogP contribution in [0.2, 0.25) is 0 Å². The number of halogens is 3. The number of fused-ring (bicyclic) bond motifs is 1. The van der Waals surface area contributed by atoms with Gasteiger partial charge in [0.2, 0.25) is 5.91 Å². The van der Waals surface area contributed by atoms with Gasteiger partial charge < -0.3 is 10.2 Å². The number of carbonyl (C=O) groups excluding carboxylic acids is 1. The standard InChI is InChI=1S/C14H17F2N3O.ClH/c1-19-5-4-9-2-3-10(6-12(9)19)18-13(20)11-7-14(15,16)8-17-11;/h2-3,6,11,17H,4-5,7-8H2,1H3,(H,18,20);1H. The molecule has 1 aromatic rings. The van der Waals surface area contributed by atoms with Crippen LogP contribution in [0.15, 0.2) is 18.2 Å². The highest BCUT2D eigenvalue weighted by Gasteiger charge is 2.42. The van der Waals surface area contributed by atoms with Gasteiger partial charge in [-0.05, 0) is 24.1 Å². The van der Waals surface area contributed by atoms with Crippen molar-refractivity contribution in [2.45, 2.75) is 24.8 Å². The maximum absolute atomic E-state index is 13.1. The summed E-state index contributed by atoms with van der Waals surface area (Å²) < 4.78 is 26.2. The quantitative estimate of drug-likeness (QED) is 0.877. The predicted molar refractivity (Wildman–Crippen MR) is 80.6 cm³/mol. The largest absolute Gasteiger partial charge is 0.374 e. The van der Waals surface area contributed by atoms with Crippen molar-refractivity contribution in [1.29, 1.82) is 0 Å². The molecule has 1 atom stereocenters. The van der Waals surface area contributed by atoms with Crippen molar-refractivity contribution < 1.29 is 13.6 Å². The zero-order valence-electron chi connectivity index (χ0n) is 11.7. The highest BCUT2D eigenvalue weighted by Crippen LogP contribution is 2.30. The molecule has 0 spiro atoms. The van der Waals surface area contributed by atoms with E-state index in [1.807, 2.05) is 25.2 Å². The molecule has 21 heavy (non-hydrogen) atoms. The van der Waals surface area contributed by atoms with Crippen LogP contribution in [-0.4, -0.2) is 38.0 Å². The van der Waals surface area contributed by atoms with Crippen molar-refractivity contribution in [2.75, 3.05) is 30.4 Å². The molecule has 1 unspecified atom stereocenters. The Bertz CT molecular complexity index is 553. The minimum atomic E-state index is -2.79. The normalized spacial score (nSPS) is 22.6. The van der Waals surface area contributed by atoms with Gasteiger partial charge in [0.25, 0.3) is 5.92 Å². The third-order valence-corrected chi connectivity index (χ3v) is 3.91. The molecule has 0 radical (unpaired) electrons. The average molecular weight is 318 g/mol. The number of anilines is 2. The van der Waals surface area contributed by atoms with Gasteiger partial charge >= 0.3 is 0 Å². The average Bonchev–Trinajstić information content (AvgIpc) is 2.93. The van der Waals surface area contributed by atoms with Crippen molar-refractivity contribution in [3.8, 4) is 0 Å². The molecule has 7 heteroatoms. The van der Waals surface area contributed by atoms with Gasteiger partial charge in [-0.1, -0.05) is 6.07 Å². The fourth-order valence-corrected chi connectivity index (χ4v) is 2.75. The molecule has 2 N–H and O–H groups in total. The van der Waals surface area contributed by atoms with Crippen molar-refractivity contribution in [1.82, 2.24) is 5.32 Å². The first-order valence-corrected chi connectivity index (χ1v) is 6.71. The molecule has 1 amide bonds. The van der Waals surface area contributed by atoms with Crippen LogP contribution in [0.5, 0.6) is 0 Å². The van der Waals surface area contributed by atoms with Crippen LogP contribution in [-0.2, 0) is 11.2 Å². The van der Waals surface area contributed by atoms with Crippen LogP contribution in [0.4, 0.5) is 20.2 Å². The smallest absolute Gasteiger partial charge is 0.262 e. The molecule has 1 aromatic carbocycles. The Balaban J connectivity index is 0.00000161. The third-order valence-electron chi connectivity index (χ3n) is 3.91. The molecule has 1 fully saturated rings. The number of likely N-dealkylation sites (N-methyl/N-ethyl adjacent to an activating group) is 1. The summed E-state index contributed by atoms with van der Waals surface area (Å²) in [6, 6.07) is 4.87. The Kier molecular flexibility index (Phi) is 4.39. The summed E-state index contributed by atoms with van der Waals surface area (Å²) in [4.78, 5) is 14.1. The number of hydrogen-bond acceptors (Lipinski definition) is 3. The molecule has 2 aliphatic heterocycles. The van der Waals surface area contributed by atoms with E-state index >= 15 is 0 Å². The minimum Gasteiger partial charge on any atom is -0.374 e. The van der Waals surface area contributed by atoms with E-state index in [2.05, 4.69) is 15.5 Å². The van der Waals surface area contributed by atoms with Gasteiger partial charge in [0.15, 0.2) is 0 Å². The third kappa shape index (κ3) is 3.27. The molecule has 2 aliphatic rings. The molecule has 3 rings (SSSR count). The van der Waals surface area contributed by atoms with Gasteiger partial charge in [0.05, 0.1) is 12.6 Å². The Hall–Kier alpha value is -1.40. The number of amides is 1. The molecule has 0 bridgehead atoms. The SMILES string of the molecule is CN1CCc2ccc(NC(=O)C3CC(F)(F)CN3)cc21.Cl. The number of benzene rings is 1. The van der Waals surface area contributed by atoms with E-state index in [4.69, 9.17) is 0 Å². The Morgan fingerprint density at radius 3 is 2.90 bits per heavy atom. The van der Waals surface area contributed by atoms with Crippen LogP contribution >= 0.6 is 12.4 Å². The predicted octanol–water partition coefficient (Wildman–Crippen LogP) is 2.04. The molecule has 0 aliphatic carbocycles. The second-order valence-corrected chi connectivity index (χ2v) is 5.50. The fourth-order valence-electron chi connectivity index (χ4n) is 2.75. The molecule has 0 aromatic heterocycles. The summed E-state index contributed by atoms with van der Waals surface area (Å²) in [6.07, 6.45) is 0.556. The second-order valence-electron chi connectivity index (χ2n) is 5.50. The van der Waals surface area contributed by atoms with Crippen LogP contribution in [0.25, 0.3) is 0 Å². The van der Waals surface area contributed by atoms with Crippen molar-refractivity contribution in [3.05, 3.63) is 23.8 Å². The van der Waals surface area contributed by atoms with Crippen molar-refractivity contribution >= 4 is 29.7 Å². The van der Waals surface area contributed by atoms with E-state index in [0.717, 1.165) is 18.7 Å². The van der Waals surface area contributed by atoms with Crippen LogP contribution in [0.1, 0.15) is 12.0 Å². The van der Waals surface area contributed by atoms with E-state index in [9.17, 15) is 13.6 Å². The molecule has 2 heterocycles. The van der Waals surface area contributed by atoms with E-state index < -0.39 is 30.8 Å². The minimum absolute atomic E-state index is 0. The number of carbonyl (C=O) groups is 1. The summed E-state index contributed by atoms with van der Waals surface area (Å²) in [6.45, 7) is 0.529. The number of nitrogens with one attached hydrogen (secondary N) is 2. The van der Waals surface area contributed by atoms with E-state index in [0.29, 0.717) is 5.69 Å². The van der Waals surface area contributed by atoms with Crippen LogP contribution in [0.3, 0.4) is 0 Å².